The standard InChI is InChI=1S/C20H19ClN2O/c1-14-4-3-5-16(10-14)17-11-19(21)23-20(12-17)22-13-15-6-8-18(24-2)9-7-15/h3-12H,13H2,1-2H3,(H,22,23). The second-order valence-electron chi connectivity index (χ2n) is 5.63. The third kappa shape index (κ3) is 4.06. The zero-order chi connectivity index (χ0) is 16.9. The number of pyridine rings is 1. The zero-order valence-corrected chi connectivity index (χ0v) is 14.5. The topological polar surface area (TPSA) is 34.1 Å². The van der Waals surface area contributed by atoms with Crippen LogP contribution in [0.1, 0.15) is 11.1 Å². The largest absolute Gasteiger partial charge is 0.497 e. The number of benzene rings is 2. The minimum atomic E-state index is 0.478. The Morgan fingerprint density at radius 1 is 1.00 bits per heavy atom. The molecule has 0 amide bonds. The van der Waals surface area contributed by atoms with Crippen LogP contribution in [0, 0.1) is 6.92 Å². The van der Waals surface area contributed by atoms with E-state index < -0.39 is 0 Å². The third-order valence-electron chi connectivity index (χ3n) is 3.78. The van der Waals surface area contributed by atoms with Crippen molar-refractivity contribution in [2.45, 2.75) is 13.5 Å². The van der Waals surface area contributed by atoms with Crippen LogP contribution in [0.25, 0.3) is 11.1 Å². The van der Waals surface area contributed by atoms with Gasteiger partial charge < -0.3 is 10.1 Å². The summed E-state index contributed by atoms with van der Waals surface area (Å²) in [5.41, 5.74) is 4.55. The molecule has 0 aliphatic carbocycles. The van der Waals surface area contributed by atoms with E-state index in [0.717, 1.165) is 28.3 Å². The summed E-state index contributed by atoms with van der Waals surface area (Å²) in [6.45, 7) is 2.75. The minimum absolute atomic E-state index is 0.478. The monoisotopic (exact) mass is 338 g/mol. The highest BCUT2D eigenvalue weighted by atomic mass is 35.5. The SMILES string of the molecule is COc1ccc(CNc2cc(-c3cccc(C)c3)cc(Cl)n2)cc1. The van der Waals surface area contributed by atoms with E-state index in [1.54, 1.807) is 7.11 Å². The van der Waals surface area contributed by atoms with Gasteiger partial charge in [-0.1, -0.05) is 53.6 Å². The molecule has 2 aromatic carbocycles. The molecule has 0 unspecified atom stereocenters. The van der Waals surface area contributed by atoms with Crippen molar-refractivity contribution in [3.63, 3.8) is 0 Å². The number of rotatable bonds is 5. The summed E-state index contributed by atoms with van der Waals surface area (Å²) in [5, 5.41) is 3.81. The van der Waals surface area contributed by atoms with E-state index >= 15 is 0 Å². The van der Waals surface area contributed by atoms with E-state index in [4.69, 9.17) is 16.3 Å². The average molecular weight is 339 g/mol. The molecule has 0 aliphatic rings. The molecule has 3 aromatic rings. The van der Waals surface area contributed by atoms with Crippen LogP contribution < -0.4 is 10.1 Å². The first-order chi connectivity index (χ1) is 11.6. The summed E-state index contributed by atoms with van der Waals surface area (Å²) in [6, 6.07) is 20.2. The fourth-order valence-corrected chi connectivity index (χ4v) is 2.72. The predicted molar refractivity (Wildman–Crippen MR) is 99.7 cm³/mol. The fourth-order valence-electron chi connectivity index (χ4n) is 2.51. The van der Waals surface area contributed by atoms with Crippen LogP contribution in [-0.2, 0) is 6.54 Å². The van der Waals surface area contributed by atoms with Crippen molar-refractivity contribution < 1.29 is 4.74 Å². The van der Waals surface area contributed by atoms with Crippen molar-refractivity contribution >= 4 is 17.4 Å². The Bertz CT molecular complexity index is 831. The van der Waals surface area contributed by atoms with E-state index in [1.807, 2.05) is 42.5 Å². The lowest BCUT2D eigenvalue weighted by atomic mass is 10.0. The van der Waals surface area contributed by atoms with E-state index in [9.17, 15) is 0 Å². The molecule has 0 saturated heterocycles. The normalized spacial score (nSPS) is 10.5. The van der Waals surface area contributed by atoms with E-state index in [1.165, 1.54) is 5.56 Å². The van der Waals surface area contributed by atoms with Crippen molar-refractivity contribution in [3.8, 4) is 16.9 Å². The lowest BCUT2D eigenvalue weighted by molar-refractivity contribution is 0.414. The van der Waals surface area contributed by atoms with Gasteiger partial charge in [0, 0.05) is 6.54 Å². The zero-order valence-electron chi connectivity index (χ0n) is 13.7. The van der Waals surface area contributed by atoms with Gasteiger partial charge in [0.05, 0.1) is 7.11 Å². The number of aromatic nitrogens is 1. The van der Waals surface area contributed by atoms with E-state index in [0.29, 0.717) is 11.7 Å². The molecule has 1 N–H and O–H groups in total. The molecule has 3 rings (SSSR count). The second kappa shape index (κ2) is 7.37. The van der Waals surface area contributed by atoms with Crippen LogP contribution in [0.2, 0.25) is 5.15 Å². The van der Waals surface area contributed by atoms with Crippen LogP contribution in [0.5, 0.6) is 5.75 Å². The molecular formula is C20H19ClN2O. The molecule has 0 spiro atoms. The summed E-state index contributed by atoms with van der Waals surface area (Å²) in [4.78, 5) is 4.36. The van der Waals surface area contributed by atoms with Crippen molar-refractivity contribution in [2.75, 3.05) is 12.4 Å². The number of ether oxygens (including phenoxy) is 1. The Hall–Kier alpha value is -2.52. The van der Waals surface area contributed by atoms with Gasteiger partial charge in [-0.25, -0.2) is 4.98 Å². The molecule has 0 saturated carbocycles. The van der Waals surface area contributed by atoms with Crippen molar-refractivity contribution in [2.24, 2.45) is 0 Å². The lowest BCUT2D eigenvalue weighted by Crippen LogP contribution is -2.01. The number of methoxy groups -OCH3 is 1. The number of hydrogen-bond donors (Lipinski definition) is 1. The molecule has 0 fully saturated rings. The van der Waals surface area contributed by atoms with Gasteiger partial charge >= 0.3 is 0 Å². The quantitative estimate of drug-likeness (QED) is 0.638. The number of nitrogens with one attached hydrogen (secondary N) is 1. The fraction of sp³-hybridized carbons (Fsp3) is 0.150. The highest BCUT2D eigenvalue weighted by molar-refractivity contribution is 6.29. The van der Waals surface area contributed by atoms with Crippen LogP contribution in [0.3, 0.4) is 0 Å². The minimum Gasteiger partial charge on any atom is -0.497 e. The molecule has 122 valence electrons. The highest BCUT2D eigenvalue weighted by Gasteiger charge is 2.04. The number of hydrogen-bond acceptors (Lipinski definition) is 3. The maximum absolute atomic E-state index is 6.19. The maximum Gasteiger partial charge on any atom is 0.132 e. The lowest BCUT2D eigenvalue weighted by Gasteiger charge is -2.10. The summed E-state index contributed by atoms with van der Waals surface area (Å²) >= 11 is 6.19. The molecule has 0 radical (unpaired) electrons. The van der Waals surface area contributed by atoms with Gasteiger partial charge in [-0.15, -0.1) is 0 Å². The number of nitrogens with zero attached hydrogens (tertiary/aromatic N) is 1. The van der Waals surface area contributed by atoms with Gasteiger partial charge in [-0.3, -0.25) is 0 Å². The van der Waals surface area contributed by atoms with Gasteiger partial charge in [-0.2, -0.15) is 0 Å². The summed E-state index contributed by atoms with van der Waals surface area (Å²) in [5.74, 6) is 1.61. The Morgan fingerprint density at radius 3 is 2.50 bits per heavy atom. The molecular weight excluding hydrogens is 320 g/mol. The molecule has 24 heavy (non-hydrogen) atoms. The molecule has 0 aliphatic heterocycles. The molecule has 0 atom stereocenters. The predicted octanol–water partition coefficient (Wildman–Crippen LogP) is 5.33. The van der Waals surface area contributed by atoms with E-state index in [2.05, 4.69) is 35.4 Å². The van der Waals surface area contributed by atoms with E-state index in [-0.39, 0.29) is 0 Å². The maximum atomic E-state index is 6.19. The highest BCUT2D eigenvalue weighted by Crippen LogP contribution is 2.26. The van der Waals surface area contributed by atoms with Gasteiger partial charge in [-0.05, 0) is 47.9 Å². The summed E-state index contributed by atoms with van der Waals surface area (Å²) in [6.07, 6.45) is 0. The summed E-state index contributed by atoms with van der Waals surface area (Å²) < 4.78 is 5.17. The summed E-state index contributed by atoms with van der Waals surface area (Å²) in [7, 11) is 1.66. The first-order valence-electron chi connectivity index (χ1n) is 7.75. The van der Waals surface area contributed by atoms with Crippen LogP contribution >= 0.6 is 11.6 Å². The molecule has 3 nitrogen and oxygen atoms in total. The molecule has 0 bridgehead atoms. The molecule has 1 heterocycles. The Balaban J connectivity index is 1.78. The number of anilines is 1. The number of aryl methyl sites for hydroxylation is 1. The van der Waals surface area contributed by atoms with Crippen LogP contribution in [0.4, 0.5) is 5.82 Å². The van der Waals surface area contributed by atoms with Gasteiger partial charge in [0.25, 0.3) is 0 Å². The van der Waals surface area contributed by atoms with Gasteiger partial charge in [0.15, 0.2) is 0 Å². The number of halogens is 1. The average Bonchev–Trinajstić information content (AvgIpc) is 2.60. The van der Waals surface area contributed by atoms with Gasteiger partial charge in [0.2, 0.25) is 0 Å². The van der Waals surface area contributed by atoms with Crippen LogP contribution in [0.15, 0.2) is 60.7 Å². The van der Waals surface area contributed by atoms with Crippen LogP contribution in [-0.4, -0.2) is 12.1 Å². The Kier molecular flexibility index (Phi) is 5.02. The first kappa shape index (κ1) is 16.3. The van der Waals surface area contributed by atoms with Crippen molar-refractivity contribution in [1.29, 1.82) is 0 Å². The van der Waals surface area contributed by atoms with Gasteiger partial charge in [0.1, 0.15) is 16.7 Å². The Morgan fingerprint density at radius 2 is 1.79 bits per heavy atom. The Labute approximate surface area is 147 Å². The first-order valence-corrected chi connectivity index (χ1v) is 8.13. The second-order valence-corrected chi connectivity index (χ2v) is 6.02. The third-order valence-corrected chi connectivity index (χ3v) is 3.97. The molecule has 1 aromatic heterocycles. The molecule has 4 heteroatoms. The van der Waals surface area contributed by atoms with Crippen molar-refractivity contribution in [3.05, 3.63) is 76.9 Å². The smallest absolute Gasteiger partial charge is 0.132 e. The van der Waals surface area contributed by atoms with Crippen molar-refractivity contribution in [1.82, 2.24) is 4.98 Å².